The van der Waals surface area contributed by atoms with Gasteiger partial charge in [-0.25, -0.2) is 4.79 Å². The Balaban J connectivity index is 1.18. The Labute approximate surface area is 681 Å². The van der Waals surface area contributed by atoms with E-state index < -0.39 is 199 Å². The molecule has 0 saturated heterocycles. The van der Waals surface area contributed by atoms with Gasteiger partial charge in [-0.05, 0) is 109 Å². The number of amides is 13. The number of carboxylic acids is 2. The largest absolute Gasteiger partial charge is 0.508 e. The topological polar surface area (TPSA) is 607 Å². The number of carbonyl (C=O) groups is 15. The van der Waals surface area contributed by atoms with Crippen molar-refractivity contribution in [3.63, 3.8) is 0 Å². The van der Waals surface area contributed by atoms with E-state index in [-0.39, 0.29) is 81.9 Å². The van der Waals surface area contributed by atoms with Crippen LogP contribution in [0.2, 0.25) is 0 Å². The Hall–Kier alpha value is -13.0. The smallest absolute Gasteiger partial charge is 0.326 e. The summed E-state index contributed by atoms with van der Waals surface area (Å²) in [5, 5.41) is 72.0. The minimum absolute atomic E-state index is 0.0299. The van der Waals surface area contributed by atoms with E-state index in [1.165, 1.54) is 38.1 Å². The Morgan fingerprint density at radius 1 is 0.407 bits per heavy atom. The summed E-state index contributed by atoms with van der Waals surface area (Å²) < 4.78 is 0. The molecule has 0 unspecified atom stereocenters. The predicted molar refractivity (Wildman–Crippen MR) is 435 cm³/mol. The number of primary amides is 1. The Bertz CT molecular complexity index is 4510. The maximum atomic E-state index is 14.9. The van der Waals surface area contributed by atoms with Crippen LogP contribution in [0.1, 0.15) is 123 Å². The van der Waals surface area contributed by atoms with Crippen molar-refractivity contribution in [3.05, 3.63) is 138 Å². The minimum Gasteiger partial charge on any atom is -0.508 e. The number of nitrogens with two attached hydrogens (primary N) is 3. The number of H-pyrrole nitrogens is 2. The van der Waals surface area contributed by atoms with Crippen molar-refractivity contribution in [2.24, 2.45) is 40.9 Å². The number of phenols is 1. The number of hydrogen-bond acceptors (Lipinski definition) is 18. The third-order valence-electron chi connectivity index (χ3n) is 18.9. The van der Waals surface area contributed by atoms with Crippen LogP contribution in [-0.4, -0.2) is 206 Å². The number of aromatic hydroxyl groups is 1. The van der Waals surface area contributed by atoms with Crippen LogP contribution >= 0.6 is 0 Å². The number of hydrogen-bond donors (Lipinski definition) is 22. The number of nitrogens with one attached hydrogen (secondary N) is 16. The van der Waals surface area contributed by atoms with E-state index in [1.54, 1.807) is 133 Å². The normalized spacial score (nSPS) is 14.1. The number of rotatable bonds is 48. The maximum absolute atomic E-state index is 14.9. The zero-order valence-corrected chi connectivity index (χ0v) is 67.2. The van der Waals surface area contributed by atoms with Gasteiger partial charge in [0.2, 0.25) is 76.8 Å². The van der Waals surface area contributed by atoms with Gasteiger partial charge in [0.05, 0.1) is 32.0 Å². The third-order valence-corrected chi connectivity index (χ3v) is 18.9. The highest BCUT2D eigenvalue weighted by molar-refractivity contribution is 6.01. The van der Waals surface area contributed by atoms with Crippen molar-refractivity contribution in [2.45, 2.75) is 192 Å². The summed E-state index contributed by atoms with van der Waals surface area (Å²) in [6.07, 6.45) is 0.392. The number of carbonyl (C=O) groups excluding carboxylic acids is 13. The first-order valence-corrected chi connectivity index (χ1v) is 38.9. The molecule has 11 atom stereocenters. The molecule has 118 heavy (non-hydrogen) atoms. The lowest BCUT2D eigenvalue weighted by Crippen LogP contribution is -2.61. The first kappa shape index (κ1) is 93.9. The van der Waals surface area contributed by atoms with Crippen LogP contribution < -0.4 is 86.3 Å². The van der Waals surface area contributed by atoms with Gasteiger partial charge < -0.3 is 112 Å². The molecule has 0 aliphatic heterocycles. The molecule has 37 heteroatoms. The zero-order valence-electron chi connectivity index (χ0n) is 67.2. The lowest BCUT2D eigenvalue weighted by molar-refractivity contribution is -0.143. The van der Waals surface area contributed by atoms with Gasteiger partial charge >= 0.3 is 11.9 Å². The lowest BCUT2D eigenvalue weighted by Gasteiger charge is -2.28. The van der Waals surface area contributed by atoms with E-state index in [1.807, 2.05) is 0 Å². The van der Waals surface area contributed by atoms with Gasteiger partial charge in [0, 0.05) is 60.0 Å². The minimum atomic E-state index is -2.00. The predicted octanol–water partition coefficient (Wildman–Crippen LogP) is -0.475. The van der Waals surface area contributed by atoms with Gasteiger partial charge in [-0.2, -0.15) is 0 Å². The van der Waals surface area contributed by atoms with Gasteiger partial charge in [0.15, 0.2) is 5.96 Å². The van der Waals surface area contributed by atoms with E-state index in [0.717, 1.165) is 5.56 Å². The summed E-state index contributed by atoms with van der Waals surface area (Å²) in [4.78, 5) is 214. The number of phenolic OH excluding ortho intramolecular Hbond substituents is 1. The second-order valence-corrected chi connectivity index (χ2v) is 30.6. The number of guanidine groups is 1. The highest BCUT2D eigenvalue weighted by atomic mass is 16.4. The molecule has 0 bridgehead atoms. The molecule has 13 amide bonds. The van der Waals surface area contributed by atoms with Crippen molar-refractivity contribution >= 4 is 116 Å². The molecule has 638 valence electrons. The van der Waals surface area contributed by atoms with Gasteiger partial charge in [-0.15, -0.1) is 0 Å². The molecule has 6 aromatic rings. The number of fused-ring (bicyclic) bond motifs is 2. The summed E-state index contributed by atoms with van der Waals surface area (Å²) in [6, 6.07) is 12.0. The van der Waals surface area contributed by atoms with Crippen LogP contribution in [0.15, 0.2) is 116 Å². The molecule has 25 N–H and O–H groups in total. The van der Waals surface area contributed by atoms with E-state index in [4.69, 9.17) is 22.6 Å². The summed E-state index contributed by atoms with van der Waals surface area (Å²) in [6.45, 7) is 12.0. The fourth-order valence-corrected chi connectivity index (χ4v) is 12.9. The molecule has 0 aliphatic carbocycles. The number of para-hydroxylation sites is 2. The number of carboxylic acid groups (broad SMARTS) is 2. The van der Waals surface area contributed by atoms with E-state index in [0.29, 0.717) is 38.5 Å². The molecule has 0 radical (unpaired) electrons. The number of benzene rings is 4. The molecular formula is C81H111N19O18. The van der Waals surface area contributed by atoms with E-state index in [9.17, 15) is 87.2 Å². The fraction of sp³-hybridized carbons (Fsp3) is 0.457. The molecule has 37 nitrogen and oxygen atoms in total. The number of aromatic nitrogens is 2. The van der Waals surface area contributed by atoms with Crippen molar-refractivity contribution in [2.75, 3.05) is 19.6 Å². The van der Waals surface area contributed by atoms with Crippen molar-refractivity contribution in [3.8, 4) is 5.75 Å². The molecule has 0 aliphatic rings. The second-order valence-electron chi connectivity index (χ2n) is 30.6. The Kier molecular flexibility index (Phi) is 36.6. The average molecular weight is 1640 g/mol. The summed E-state index contributed by atoms with van der Waals surface area (Å²) in [5.74, 6) is -17.5. The third kappa shape index (κ3) is 31.0. The first-order chi connectivity index (χ1) is 55.8. The van der Waals surface area contributed by atoms with E-state index in [2.05, 4.69) is 79.1 Å². The highest BCUT2D eigenvalue weighted by Gasteiger charge is 2.38. The molecule has 0 spiro atoms. The average Bonchev–Trinajstić information content (AvgIpc) is 1.70. The van der Waals surface area contributed by atoms with Crippen LogP contribution in [0.5, 0.6) is 5.75 Å². The maximum Gasteiger partial charge on any atom is 0.326 e. The molecule has 6 rings (SSSR count). The van der Waals surface area contributed by atoms with Crippen LogP contribution in [0, 0.1) is 29.1 Å². The highest BCUT2D eigenvalue weighted by Crippen LogP contribution is 2.23. The van der Waals surface area contributed by atoms with Gasteiger partial charge in [-0.1, -0.05) is 134 Å². The molecule has 2 heterocycles. The summed E-state index contributed by atoms with van der Waals surface area (Å²) in [7, 11) is 0. The second kappa shape index (κ2) is 46.0. The number of aliphatic carboxylic acids is 2. The van der Waals surface area contributed by atoms with Crippen molar-refractivity contribution in [1.82, 2.24) is 79.1 Å². The van der Waals surface area contributed by atoms with Gasteiger partial charge in [-0.3, -0.25) is 72.5 Å². The summed E-state index contributed by atoms with van der Waals surface area (Å²) in [5.41, 5.74) is 21.1. The van der Waals surface area contributed by atoms with Crippen LogP contribution in [0.25, 0.3) is 21.8 Å². The van der Waals surface area contributed by atoms with Crippen LogP contribution in [-0.2, 0) is 97.6 Å². The number of aromatic amines is 2. The van der Waals surface area contributed by atoms with Crippen molar-refractivity contribution < 1.29 is 87.2 Å². The molecule has 4 aromatic carbocycles. The summed E-state index contributed by atoms with van der Waals surface area (Å²) >= 11 is 0. The molecule has 2 aromatic heterocycles. The SMILES string of the molecule is CC(C)C[C@H](NC(=O)[C@H](CC(C)C)NC(=O)CNC(=O)[C@H](Cc1c[nH]c2ccccc12)NC(=O)CNC(=O)[C@@H](NC(=O)[C@H](CC(N)=O)NC(=O)[C@H](CC(C)C)NC(=O)[C@H](CCCNC(=N)N)NC(=O)[C@H](CC(=O)O)NC(=O)[C@H](Cc1c[nH]c2ccccc12)NC(=O)[C@H](Cc1ccc(O)cc1)NC(=O)[C@@H](N)Cc1ccccc1)C(C)C)C(=O)O. The Morgan fingerprint density at radius 2 is 0.805 bits per heavy atom. The standard InChI is InChI=1S/C81H111N19O18/c1-42(2)29-57(73(110)99-64(80(117)118)31-44(5)6)91-66(103)40-89-71(108)60(34-48-38-87-54-21-14-12-19-51(48)54)92-67(104)41-90-79(116)69(45(7)8)100-78(115)62(36-65(83)102)97-74(111)58(30-43(3)4)95-72(109)56(23-16-28-86-81(84)85)93-77(114)63(37-68(105)106)98-76(113)61(35-49-39-88-55-22-15-13-20-52(49)55)96-75(112)59(33-47-24-26-50(101)27-25-47)94-70(107)53(82)32-46-17-10-9-11-18-46/h9-15,17-22,24-27,38-39,42-45,53,56-64,69,87-88,101H,16,23,28-37,40-41,82H2,1-8H3,(H2,83,102)(H,89,108)(H,90,116)(H,91,103)(H,92,104)(H,93,114)(H,94,107)(H,95,109)(H,96,112)(H,97,111)(H,98,113)(H,99,110)(H,100,115)(H,105,106)(H,117,118)(H4,84,85,86)/t53-,56-,57-,58-,59-,60-,61-,62-,63-,64-,69-/m0/s1. The lowest BCUT2D eigenvalue weighted by atomic mass is 10.00. The molecular weight excluding hydrogens is 1530 g/mol. The zero-order chi connectivity index (χ0) is 87.0. The van der Waals surface area contributed by atoms with Crippen LogP contribution in [0.4, 0.5) is 0 Å². The van der Waals surface area contributed by atoms with Crippen molar-refractivity contribution in [1.29, 1.82) is 5.41 Å². The van der Waals surface area contributed by atoms with E-state index >= 15 is 0 Å². The first-order valence-electron chi connectivity index (χ1n) is 38.9. The van der Waals surface area contributed by atoms with Gasteiger partial charge in [0.25, 0.3) is 0 Å². The molecule has 0 fully saturated rings. The fourth-order valence-electron chi connectivity index (χ4n) is 12.9. The Morgan fingerprint density at radius 3 is 1.31 bits per heavy atom. The monoisotopic (exact) mass is 1640 g/mol. The van der Waals surface area contributed by atoms with Gasteiger partial charge in [0.1, 0.15) is 66.2 Å². The van der Waals surface area contributed by atoms with Crippen LogP contribution in [0.3, 0.4) is 0 Å². The quantitative estimate of drug-likeness (QED) is 0.0130. The molecule has 0 saturated carbocycles.